The summed E-state index contributed by atoms with van der Waals surface area (Å²) in [5, 5.41) is 17.2. The molecule has 0 aliphatic rings. The third-order valence-corrected chi connectivity index (χ3v) is 3.73. The van der Waals surface area contributed by atoms with Crippen molar-refractivity contribution in [3.8, 4) is 5.75 Å². The molecular weight excluding hydrogens is 306 g/mol. The van der Waals surface area contributed by atoms with Crippen LogP contribution in [0.4, 0.5) is 0 Å². The second-order valence-corrected chi connectivity index (χ2v) is 5.97. The molecule has 0 bridgehead atoms. The van der Waals surface area contributed by atoms with E-state index in [2.05, 4.69) is 10.4 Å². The number of benzene rings is 1. The zero-order valence-corrected chi connectivity index (χ0v) is 14.4. The highest BCUT2D eigenvalue weighted by molar-refractivity contribution is 5.92. The lowest BCUT2D eigenvalue weighted by Gasteiger charge is -2.21. The largest absolute Gasteiger partial charge is 0.496 e. The number of nitrogens with one attached hydrogen (secondary N) is 1. The van der Waals surface area contributed by atoms with Crippen molar-refractivity contribution in [1.82, 2.24) is 15.1 Å². The van der Waals surface area contributed by atoms with Gasteiger partial charge in [-0.15, -0.1) is 0 Å². The van der Waals surface area contributed by atoms with E-state index in [0.717, 1.165) is 11.1 Å². The zero-order chi connectivity index (χ0) is 17.7. The number of aliphatic hydroxyl groups is 1. The average molecular weight is 329 g/mol. The molecule has 6 heteroatoms. The van der Waals surface area contributed by atoms with Gasteiger partial charge in [0.15, 0.2) is 0 Å². The predicted molar refractivity (Wildman–Crippen MR) is 92.6 cm³/mol. The highest BCUT2D eigenvalue weighted by atomic mass is 16.5. The van der Waals surface area contributed by atoms with Crippen molar-refractivity contribution >= 4 is 12.0 Å². The van der Waals surface area contributed by atoms with Gasteiger partial charge in [-0.3, -0.25) is 9.48 Å². The number of rotatable bonds is 6. The molecule has 1 unspecified atom stereocenters. The van der Waals surface area contributed by atoms with Crippen LogP contribution in [0.15, 0.2) is 36.7 Å². The molecule has 0 saturated carbocycles. The summed E-state index contributed by atoms with van der Waals surface area (Å²) in [5.41, 5.74) is 1.37. The van der Waals surface area contributed by atoms with Crippen LogP contribution < -0.4 is 10.1 Å². The minimum absolute atomic E-state index is 0.0901. The lowest BCUT2D eigenvalue weighted by molar-refractivity contribution is -0.117. The Kier molecular flexibility index (Phi) is 5.41. The van der Waals surface area contributed by atoms with E-state index >= 15 is 0 Å². The minimum Gasteiger partial charge on any atom is -0.496 e. The van der Waals surface area contributed by atoms with Crippen molar-refractivity contribution < 1.29 is 14.6 Å². The van der Waals surface area contributed by atoms with Gasteiger partial charge in [-0.05, 0) is 32.1 Å². The summed E-state index contributed by atoms with van der Waals surface area (Å²) in [7, 11) is 3.36. The summed E-state index contributed by atoms with van der Waals surface area (Å²) in [4.78, 5) is 12.0. The highest BCUT2D eigenvalue weighted by Crippen LogP contribution is 2.21. The van der Waals surface area contributed by atoms with Crippen LogP contribution in [0.3, 0.4) is 0 Å². The van der Waals surface area contributed by atoms with Crippen LogP contribution in [0.5, 0.6) is 5.75 Å². The second kappa shape index (κ2) is 7.31. The maximum absolute atomic E-state index is 12.0. The molecule has 1 atom stereocenters. The van der Waals surface area contributed by atoms with Crippen LogP contribution in [-0.4, -0.2) is 34.4 Å². The molecule has 0 saturated heterocycles. The van der Waals surface area contributed by atoms with Crippen LogP contribution >= 0.6 is 0 Å². The zero-order valence-electron chi connectivity index (χ0n) is 14.4. The van der Waals surface area contributed by atoms with Gasteiger partial charge in [-0.1, -0.05) is 11.6 Å². The molecule has 2 rings (SSSR count). The van der Waals surface area contributed by atoms with Crippen LogP contribution in [0.1, 0.15) is 23.6 Å². The summed E-state index contributed by atoms with van der Waals surface area (Å²) in [6, 6.07) is 5.75. The first-order valence-corrected chi connectivity index (χ1v) is 7.64. The lowest BCUT2D eigenvalue weighted by atomic mass is 10.00. The number of nitrogens with zero attached hydrogens (tertiary/aromatic N) is 2. The van der Waals surface area contributed by atoms with E-state index in [4.69, 9.17) is 4.74 Å². The van der Waals surface area contributed by atoms with E-state index in [9.17, 15) is 9.90 Å². The normalized spacial score (nSPS) is 13.7. The fraction of sp³-hybridized carbons (Fsp3) is 0.333. The summed E-state index contributed by atoms with van der Waals surface area (Å²) in [6.07, 6.45) is 6.43. The first kappa shape index (κ1) is 17.7. The molecule has 2 N–H and O–H groups in total. The van der Waals surface area contributed by atoms with E-state index in [1.165, 1.54) is 6.08 Å². The van der Waals surface area contributed by atoms with Gasteiger partial charge in [0.2, 0.25) is 5.91 Å². The fourth-order valence-corrected chi connectivity index (χ4v) is 2.27. The molecular formula is C18H23N3O3. The van der Waals surface area contributed by atoms with Crippen LogP contribution in [0.2, 0.25) is 0 Å². The van der Waals surface area contributed by atoms with Crippen LogP contribution in [0.25, 0.3) is 6.08 Å². The van der Waals surface area contributed by atoms with E-state index < -0.39 is 5.60 Å². The number of carbonyl (C=O) groups excluding carboxylic acids is 1. The number of hydrogen-bond donors (Lipinski definition) is 2. The van der Waals surface area contributed by atoms with Crippen molar-refractivity contribution in [3.63, 3.8) is 0 Å². The standard InChI is InChI=1S/C18H23N3O3/c1-13-5-7-16(24-4)14(9-13)6-8-17(22)19-12-18(2,23)15-10-20-21(3)11-15/h5-11,23H,12H2,1-4H3,(H,19,22). The molecule has 6 nitrogen and oxygen atoms in total. The van der Waals surface area contributed by atoms with Crippen LogP contribution in [-0.2, 0) is 17.4 Å². The van der Waals surface area contributed by atoms with Crippen molar-refractivity contribution in [1.29, 1.82) is 0 Å². The summed E-state index contributed by atoms with van der Waals surface area (Å²) in [5.74, 6) is 0.412. The molecule has 0 aliphatic carbocycles. The Morgan fingerprint density at radius 2 is 2.25 bits per heavy atom. The number of hydrogen-bond acceptors (Lipinski definition) is 4. The second-order valence-electron chi connectivity index (χ2n) is 5.97. The van der Waals surface area contributed by atoms with Gasteiger partial charge < -0.3 is 15.2 Å². The number of amides is 1. The Morgan fingerprint density at radius 3 is 2.88 bits per heavy atom. The van der Waals surface area contributed by atoms with E-state index in [1.807, 2.05) is 25.1 Å². The number of methoxy groups -OCH3 is 1. The summed E-state index contributed by atoms with van der Waals surface area (Å²) >= 11 is 0. The Labute approximate surface area is 141 Å². The van der Waals surface area contributed by atoms with E-state index in [-0.39, 0.29) is 12.5 Å². The Hall–Kier alpha value is -2.60. The number of carbonyl (C=O) groups is 1. The maximum atomic E-state index is 12.0. The maximum Gasteiger partial charge on any atom is 0.244 e. The molecule has 0 aliphatic heterocycles. The van der Waals surface area contributed by atoms with Gasteiger partial charge in [0.05, 0.1) is 19.9 Å². The molecule has 1 aromatic heterocycles. The molecule has 1 heterocycles. The van der Waals surface area contributed by atoms with Crippen molar-refractivity contribution in [2.75, 3.05) is 13.7 Å². The number of aryl methyl sites for hydroxylation is 2. The van der Waals surface area contributed by atoms with E-state index in [1.54, 1.807) is 44.2 Å². The summed E-state index contributed by atoms with van der Waals surface area (Å²) in [6.45, 7) is 3.70. The van der Waals surface area contributed by atoms with E-state index in [0.29, 0.717) is 11.3 Å². The Bertz CT molecular complexity index is 748. The highest BCUT2D eigenvalue weighted by Gasteiger charge is 2.24. The first-order valence-electron chi connectivity index (χ1n) is 7.64. The van der Waals surface area contributed by atoms with Gasteiger partial charge >= 0.3 is 0 Å². The molecule has 0 radical (unpaired) electrons. The quantitative estimate of drug-likeness (QED) is 0.792. The topological polar surface area (TPSA) is 76.4 Å². The molecule has 24 heavy (non-hydrogen) atoms. The third kappa shape index (κ3) is 4.45. The molecule has 128 valence electrons. The molecule has 2 aromatic rings. The molecule has 1 amide bonds. The first-order chi connectivity index (χ1) is 11.3. The van der Waals surface area contributed by atoms with Crippen molar-refractivity contribution in [3.05, 3.63) is 53.4 Å². The molecule has 0 fully saturated rings. The van der Waals surface area contributed by atoms with Crippen molar-refractivity contribution in [2.45, 2.75) is 19.4 Å². The average Bonchev–Trinajstić information content (AvgIpc) is 2.98. The third-order valence-electron chi connectivity index (χ3n) is 3.73. The number of ether oxygens (including phenoxy) is 1. The predicted octanol–water partition coefficient (Wildman–Crippen LogP) is 1.77. The molecule has 1 aromatic carbocycles. The lowest BCUT2D eigenvalue weighted by Crippen LogP contribution is -2.37. The van der Waals surface area contributed by atoms with Gasteiger partial charge in [0.25, 0.3) is 0 Å². The summed E-state index contributed by atoms with van der Waals surface area (Å²) < 4.78 is 6.88. The van der Waals surface area contributed by atoms with Gasteiger partial charge in [0, 0.05) is 30.4 Å². The number of aromatic nitrogens is 2. The SMILES string of the molecule is COc1ccc(C)cc1C=CC(=O)NCC(C)(O)c1cnn(C)c1. The Morgan fingerprint density at radius 1 is 1.50 bits per heavy atom. The van der Waals surface area contributed by atoms with Gasteiger partial charge in [0.1, 0.15) is 11.4 Å². The van der Waals surface area contributed by atoms with Crippen molar-refractivity contribution in [2.24, 2.45) is 7.05 Å². The Balaban J connectivity index is 1.99. The fourth-order valence-electron chi connectivity index (χ4n) is 2.27. The van der Waals surface area contributed by atoms with Crippen LogP contribution in [0, 0.1) is 6.92 Å². The smallest absolute Gasteiger partial charge is 0.244 e. The minimum atomic E-state index is -1.18. The monoisotopic (exact) mass is 329 g/mol. The van der Waals surface area contributed by atoms with Gasteiger partial charge in [-0.25, -0.2) is 0 Å². The molecule has 0 spiro atoms. The van der Waals surface area contributed by atoms with Gasteiger partial charge in [-0.2, -0.15) is 5.10 Å².